The van der Waals surface area contributed by atoms with Crippen LogP contribution in [0.25, 0.3) is 11.1 Å². The van der Waals surface area contributed by atoms with Gasteiger partial charge in [-0.2, -0.15) is 0 Å². The maximum absolute atomic E-state index is 11.2. The smallest absolute Gasteiger partial charge is 0.335 e. The average molecular weight is 339 g/mol. The fourth-order valence-electron chi connectivity index (χ4n) is 3.34. The molecule has 132 valence electrons. The lowest BCUT2D eigenvalue weighted by Gasteiger charge is -2.38. The predicted octanol–water partition coefficient (Wildman–Crippen LogP) is 3.29. The molecule has 0 aliphatic carbocycles. The highest BCUT2D eigenvalue weighted by Gasteiger charge is 2.21. The van der Waals surface area contributed by atoms with Gasteiger partial charge in [-0.15, -0.1) is 0 Å². The zero-order chi connectivity index (χ0) is 18.0. The summed E-state index contributed by atoms with van der Waals surface area (Å²) in [4.78, 5) is 20.7. The average Bonchev–Trinajstić information content (AvgIpc) is 2.62. The lowest BCUT2D eigenvalue weighted by molar-refractivity contribution is 0.0697. The van der Waals surface area contributed by atoms with Crippen molar-refractivity contribution < 1.29 is 9.90 Å². The van der Waals surface area contributed by atoms with Crippen molar-refractivity contribution in [2.45, 2.75) is 26.8 Å². The van der Waals surface area contributed by atoms with Crippen LogP contribution in [0.15, 0.2) is 36.5 Å². The van der Waals surface area contributed by atoms with Crippen molar-refractivity contribution in [2.75, 3.05) is 31.1 Å². The van der Waals surface area contributed by atoms with E-state index < -0.39 is 5.97 Å². The minimum Gasteiger partial charge on any atom is -0.478 e. The summed E-state index contributed by atoms with van der Waals surface area (Å²) >= 11 is 0. The van der Waals surface area contributed by atoms with Crippen molar-refractivity contribution in [1.82, 2.24) is 9.88 Å². The van der Waals surface area contributed by atoms with E-state index in [4.69, 9.17) is 5.11 Å². The molecule has 25 heavy (non-hydrogen) atoms. The van der Waals surface area contributed by atoms with Crippen molar-refractivity contribution >= 4 is 11.8 Å². The molecule has 1 aliphatic heterocycles. The number of piperazine rings is 1. The lowest BCUT2D eigenvalue weighted by Crippen LogP contribution is -2.49. The van der Waals surface area contributed by atoms with Crippen LogP contribution < -0.4 is 4.90 Å². The molecule has 0 spiro atoms. The highest BCUT2D eigenvalue weighted by atomic mass is 16.4. The summed E-state index contributed by atoms with van der Waals surface area (Å²) in [6.07, 6.45) is 1.85. The van der Waals surface area contributed by atoms with E-state index in [1.165, 1.54) is 0 Å². The Morgan fingerprint density at radius 3 is 2.44 bits per heavy atom. The van der Waals surface area contributed by atoms with Crippen LogP contribution in [0.1, 0.15) is 29.8 Å². The van der Waals surface area contributed by atoms with Crippen molar-refractivity contribution in [3.63, 3.8) is 0 Å². The van der Waals surface area contributed by atoms with Gasteiger partial charge < -0.3 is 10.0 Å². The van der Waals surface area contributed by atoms with Crippen molar-refractivity contribution in [3.8, 4) is 11.1 Å². The first-order valence-electron chi connectivity index (χ1n) is 8.75. The standard InChI is InChI=1S/C20H25N3O2/c1-14(2)22-7-9-23(10-8-22)19-15(3)11-18(13-21-19)16-5-4-6-17(12-16)20(24)25/h4-6,11-14H,7-10H2,1-3H3,(H,24,25). The van der Waals surface area contributed by atoms with E-state index in [0.29, 0.717) is 11.6 Å². The number of carboxylic acid groups (broad SMARTS) is 1. The number of anilines is 1. The van der Waals surface area contributed by atoms with Crippen LogP contribution >= 0.6 is 0 Å². The Bertz CT molecular complexity index is 765. The molecule has 0 atom stereocenters. The van der Waals surface area contributed by atoms with Gasteiger partial charge in [-0.1, -0.05) is 12.1 Å². The molecule has 1 fully saturated rings. The van der Waals surface area contributed by atoms with Gasteiger partial charge in [0.25, 0.3) is 0 Å². The summed E-state index contributed by atoms with van der Waals surface area (Å²) in [5, 5.41) is 9.16. The van der Waals surface area contributed by atoms with Crippen LogP contribution in [-0.4, -0.2) is 53.2 Å². The van der Waals surface area contributed by atoms with Crippen molar-refractivity contribution in [1.29, 1.82) is 0 Å². The first-order valence-corrected chi connectivity index (χ1v) is 8.75. The minimum absolute atomic E-state index is 0.295. The first-order chi connectivity index (χ1) is 12.0. The van der Waals surface area contributed by atoms with Crippen molar-refractivity contribution in [3.05, 3.63) is 47.7 Å². The maximum Gasteiger partial charge on any atom is 0.335 e. The number of hydrogen-bond acceptors (Lipinski definition) is 4. The monoisotopic (exact) mass is 339 g/mol. The summed E-state index contributed by atoms with van der Waals surface area (Å²) in [5.74, 6) is 0.118. The number of pyridine rings is 1. The van der Waals surface area contributed by atoms with E-state index in [-0.39, 0.29) is 0 Å². The summed E-state index contributed by atoms with van der Waals surface area (Å²) in [7, 11) is 0. The van der Waals surface area contributed by atoms with Gasteiger partial charge in [0.05, 0.1) is 5.56 Å². The first kappa shape index (κ1) is 17.4. The quantitative estimate of drug-likeness (QED) is 0.926. The molecule has 5 heteroatoms. The molecule has 1 saturated heterocycles. The highest BCUT2D eigenvalue weighted by molar-refractivity contribution is 5.89. The van der Waals surface area contributed by atoms with E-state index >= 15 is 0 Å². The number of carboxylic acids is 1. The largest absolute Gasteiger partial charge is 0.478 e. The number of aromatic carboxylic acids is 1. The molecule has 1 N–H and O–H groups in total. The predicted molar refractivity (Wildman–Crippen MR) is 100 cm³/mol. The van der Waals surface area contributed by atoms with E-state index in [9.17, 15) is 4.79 Å². The third-order valence-corrected chi connectivity index (χ3v) is 4.84. The number of aromatic nitrogens is 1. The van der Waals surface area contributed by atoms with Crippen LogP contribution in [0.5, 0.6) is 0 Å². The topological polar surface area (TPSA) is 56.7 Å². The van der Waals surface area contributed by atoms with Crippen molar-refractivity contribution in [2.24, 2.45) is 0 Å². The molecule has 1 aromatic heterocycles. The maximum atomic E-state index is 11.2. The van der Waals surface area contributed by atoms with E-state index in [1.807, 2.05) is 12.3 Å². The minimum atomic E-state index is -0.911. The second-order valence-corrected chi connectivity index (χ2v) is 6.87. The molecule has 1 aliphatic rings. The second-order valence-electron chi connectivity index (χ2n) is 6.87. The summed E-state index contributed by atoms with van der Waals surface area (Å²) in [5.41, 5.74) is 3.25. The fraction of sp³-hybridized carbons (Fsp3) is 0.400. The molecule has 5 nitrogen and oxygen atoms in total. The number of aryl methyl sites for hydroxylation is 1. The zero-order valence-electron chi connectivity index (χ0n) is 15.1. The Labute approximate surface area is 148 Å². The van der Waals surface area contributed by atoms with Gasteiger partial charge in [0.15, 0.2) is 0 Å². The Morgan fingerprint density at radius 1 is 1.12 bits per heavy atom. The van der Waals surface area contributed by atoms with Crippen LogP contribution in [0.4, 0.5) is 5.82 Å². The number of benzene rings is 1. The molecule has 1 aromatic carbocycles. The summed E-state index contributed by atoms with van der Waals surface area (Å²) in [6.45, 7) is 10.6. The lowest BCUT2D eigenvalue weighted by atomic mass is 10.0. The SMILES string of the molecule is Cc1cc(-c2cccc(C(=O)O)c2)cnc1N1CCN(C(C)C)CC1. The van der Waals surface area contributed by atoms with E-state index in [0.717, 1.165) is 48.7 Å². The molecule has 2 aromatic rings. The van der Waals surface area contributed by atoms with Gasteiger partial charge in [-0.05, 0) is 50.1 Å². The zero-order valence-corrected chi connectivity index (χ0v) is 15.1. The second kappa shape index (κ2) is 7.23. The van der Waals surface area contributed by atoms with Gasteiger partial charge in [0.1, 0.15) is 5.82 Å². The molecule has 2 heterocycles. The third-order valence-electron chi connectivity index (χ3n) is 4.84. The molecule has 0 radical (unpaired) electrons. The Hall–Kier alpha value is -2.40. The van der Waals surface area contributed by atoms with Crippen LogP contribution in [0.3, 0.4) is 0 Å². The number of hydrogen-bond donors (Lipinski definition) is 1. The van der Waals surface area contributed by atoms with E-state index in [2.05, 4.69) is 41.6 Å². The van der Waals surface area contributed by atoms with Crippen LogP contribution in [0, 0.1) is 6.92 Å². The van der Waals surface area contributed by atoms with Crippen LogP contribution in [0.2, 0.25) is 0 Å². The molecular weight excluding hydrogens is 314 g/mol. The van der Waals surface area contributed by atoms with Crippen LogP contribution in [-0.2, 0) is 0 Å². The summed E-state index contributed by atoms with van der Waals surface area (Å²) in [6, 6.07) is 9.67. The Balaban J connectivity index is 1.80. The Kier molecular flexibility index (Phi) is 5.04. The third kappa shape index (κ3) is 3.82. The fourth-order valence-corrected chi connectivity index (χ4v) is 3.34. The molecular formula is C20H25N3O2. The highest BCUT2D eigenvalue weighted by Crippen LogP contribution is 2.26. The van der Waals surface area contributed by atoms with Gasteiger partial charge in [-0.3, -0.25) is 4.90 Å². The van der Waals surface area contributed by atoms with Gasteiger partial charge in [-0.25, -0.2) is 9.78 Å². The summed E-state index contributed by atoms with van der Waals surface area (Å²) < 4.78 is 0. The molecule has 0 bridgehead atoms. The van der Waals surface area contributed by atoms with Gasteiger partial charge >= 0.3 is 5.97 Å². The normalized spacial score (nSPS) is 15.6. The number of rotatable bonds is 4. The van der Waals surface area contributed by atoms with E-state index in [1.54, 1.807) is 18.2 Å². The molecule has 0 saturated carbocycles. The van der Waals surface area contributed by atoms with Gasteiger partial charge in [0, 0.05) is 44.0 Å². The Morgan fingerprint density at radius 2 is 1.84 bits per heavy atom. The molecule has 0 unspecified atom stereocenters. The number of carbonyl (C=O) groups is 1. The van der Waals surface area contributed by atoms with Gasteiger partial charge in [0.2, 0.25) is 0 Å². The molecule has 3 rings (SSSR count). The molecule has 0 amide bonds. The number of nitrogens with zero attached hydrogens (tertiary/aromatic N) is 3.